The van der Waals surface area contributed by atoms with Crippen LogP contribution < -0.4 is 0 Å². The topological polar surface area (TPSA) is 77.9 Å². The molecule has 6 nitrogen and oxygen atoms in total. The fraction of sp³-hybridized carbons (Fsp3) is 0.450. The Morgan fingerprint density at radius 2 is 1.79 bits per heavy atom. The Balaban J connectivity index is 1.68. The van der Waals surface area contributed by atoms with Gasteiger partial charge in [0.1, 0.15) is 4.21 Å². The first-order valence-electron chi connectivity index (χ1n) is 9.52. The van der Waals surface area contributed by atoms with Crippen LogP contribution in [-0.2, 0) is 27.8 Å². The number of benzene rings is 1. The van der Waals surface area contributed by atoms with Crippen molar-refractivity contribution in [1.82, 2.24) is 9.21 Å². The molecule has 8 heteroatoms. The second kappa shape index (κ2) is 9.65. The number of amides is 1. The van der Waals surface area contributed by atoms with E-state index in [-0.39, 0.29) is 25.5 Å². The van der Waals surface area contributed by atoms with Crippen molar-refractivity contribution < 1.29 is 18.3 Å². The van der Waals surface area contributed by atoms with Gasteiger partial charge in [-0.3, -0.25) is 4.79 Å². The average Bonchev–Trinajstić information content (AvgIpc) is 3.18. The van der Waals surface area contributed by atoms with Crippen molar-refractivity contribution in [3.63, 3.8) is 0 Å². The van der Waals surface area contributed by atoms with Crippen molar-refractivity contribution in [2.75, 3.05) is 26.2 Å². The van der Waals surface area contributed by atoms with Gasteiger partial charge >= 0.3 is 0 Å². The molecule has 0 spiro atoms. The number of carbonyl (C=O) groups is 1. The quantitative estimate of drug-likeness (QED) is 0.709. The highest BCUT2D eigenvalue weighted by Crippen LogP contribution is 2.27. The van der Waals surface area contributed by atoms with E-state index in [9.17, 15) is 18.3 Å². The van der Waals surface area contributed by atoms with Crippen LogP contribution in [0.15, 0.2) is 46.7 Å². The average molecular weight is 423 g/mol. The molecule has 1 aromatic heterocycles. The summed E-state index contributed by atoms with van der Waals surface area (Å²) < 4.78 is 27.4. The summed E-state index contributed by atoms with van der Waals surface area (Å²) in [7, 11) is -3.47. The molecule has 3 rings (SSSR count). The Morgan fingerprint density at radius 1 is 1.07 bits per heavy atom. The van der Waals surface area contributed by atoms with E-state index in [1.54, 1.807) is 21.3 Å². The lowest BCUT2D eigenvalue weighted by atomic mass is 10.2. The summed E-state index contributed by atoms with van der Waals surface area (Å²) in [6.07, 6.45) is 2.99. The molecule has 0 radical (unpaired) electrons. The fourth-order valence-corrected chi connectivity index (χ4v) is 6.32. The predicted molar refractivity (Wildman–Crippen MR) is 110 cm³/mol. The Labute approximate surface area is 170 Å². The summed E-state index contributed by atoms with van der Waals surface area (Å²) in [5.74, 6) is -0.123. The number of hydrogen-bond acceptors (Lipinski definition) is 5. The van der Waals surface area contributed by atoms with Gasteiger partial charge in [0.15, 0.2) is 0 Å². The van der Waals surface area contributed by atoms with Crippen molar-refractivity contribution in [2.45, 2.75) is 36.4 Å². The third-order valence-corrected chi connectivity index (χ3v) is 8.26. The number of aliphatic hydroxyl groups excluding tert-OH is 1. The minimum atomic E-state index is -3.47. The minimum Gasteiger partial charge on any atom is -0.395 e. The lowest BCUT2D eigenvalue weighted by Crippen LogP contribution is -2.35. The van der Waals surface area contributed by atoms with Crippen molar-refractivity contribution in [1.29, 1.82) is 0 Å². The number of aliphatic hydroxyl groups is 1. The number of hydrogen-bond donors (Lipinski definition) is 1. The zero-order valence-electron chi connectivity index (χ0n) is 15.8. The molecule has 2 aromatic rings. The maximum Gasteiger partial charge on any atom is 0.252 e. The van der Waals surface area contributed by atoms with E-state index in [0.29, 0.717) is 23.8 Å². The number of rotatable bonds is 8. The predicted octanol–water partition coefficient (Wildman–Crippen LogP) is 2.49. The van der Waals surface area contributed by atoms with Gasteiger partial charge in [0.05, 0.1) is 13.0 Å². The van der Waals surface area contributed by atoms with E-state index in [0.717, 1.165) is 41.0 Å². The highest BCUT2D eigenvalue weighted by Gasteiger charge is 2.27. The number of sulfonamides is 1. The fourth-order valence-electron chi connectivity index (χ4n) is 3.30. The van der Waals surface area contributed by atoms with Crippen LogP contribution >= 0.6 is 11.3 Å². The SMILES string of the molecule is O=C(Cc1ccc(S(=O)(=O)N2CCCCC2)s1)N(CCO)Cc1ccccc1. The Morgan fingerprint density at radius 3 is 2.46 bits per heavy atom. The van der Waals surface area contributed by atoms with Crippen LogP contribution in [0.2, 0.25) is 0 Å². The van der Waals surface area contributed by atoms with E-state index >= 15 is 0 Å². The van der Waals surface area contributed by atoms with Gasteiger partial charge in [-0.1, -0.05) is 36.8 Å². The zero-order chi connectivity index (χ0) is 20.0. The van der Waals surface area contributed by atoms with Crippen LogP contribution in [0.4, 0.5) is 0 Å². The Hall–Kier alpha value is -1.74. The molecular weight excluding hydrogens is 396 g/mol. The van der Waals surface area contributed by atoms with E-state index in [4.69, 9.17) is 0 Å². The van der Waals surface area contributed by atoms with Gasteiger partial charge < -0.3 is 10.0 Å². The molecule has 1 aromatic carbocycles. The highest BCUT2D eigenvalue weighted by atomic mass is 32.2. The molecule has 1 saturated heterocycles. The lowest BCUT2D eigenvalue weighted by Gasteiger charge is -2.25. The molecule has 0 saturated carbocycles. The van der Waals surface area contributed by atoms with E-state index in [1.807, 2.05) is 30.3 Å². The normalized spacial score (nSPS) is 15.5. The Bertz CT molecular complexity index is 875. The molecule has 28 heavy (non-hydrogen) atoms. The van der Waals surface area contributed by atoms with Gasteiger partial charge in [-0.25, -0.2) is 8.42 Å². The summed E-state index contributed by atoms with van der Waals surface area (Å²) in [6.45, 7) is 1.69. The van der Waals surface area contributed by atoms with Crippen LogP contribution in [0, 0.1) is 0 Å². The first-order valence-corrected chi connectivity index (χ1v) is 11.8. The highest BCUT2D eigenvalue weighted by molar-refractivity contribution is 7.91. The van der Waals surface area contributed by atoms with E-state index in [1.165, 1.54) is 0 Å². The summed E-state index contributed by atoms with van der Waals surface area (Å²) in [5, 5.41) is 9.31. The maximum absolute atomic E-state index is 12.8. The monoisotopic (exact) mass is 422 g/mol. The first-order chi connectivity index (χ1) is 13.5. The van der Waals surface area contributed by atoms with Crippen molar-refractivity contribution in [3.8, 4) is 0 Å². The number of thiophene rings is 1. The lowest BCUT2D eigenvalue weighted by molar-refractivity contribution is -0.131. The Kier molecular flexibility index (Phi) is 7.23. The summed E-state index contributed by atoms with van der Waals surface area (Å²) in [6, 6.07) is 12.9. The van der Waals surface area contributed by atoms with Gasteiger partial charge in [-0.15, -0.1) is 11.3 Å². The van der Waals surface area contributed by atoms with Gasteiger partial charge in [0, 0.05) is 31.1 Å². The summed E-state index contributed by atoms with van der Waals surface area (Å²) in [5.41, 5.74) is 0.990. The third-order valence-electron chi connectivity index (χ3n) is 4.81. The largest absolute Gasteiger partial charge is 0.395 e. The first kappa shape index (κ1) is 21.0. The molecule has 1 fully saturated rings. The number of piperidine rings is 1. The standard InChI is InChI=1S/C20H26N2O4S2/c23-14-13-21(16-17-7-3-1-4-8-17)19(24)15-18-9-10-20(27-18)28(25,26)22-11-5-2-6-12-22/h1,3-4,7-10,23H,2,5-6,11-16H2. The molecule has 0 aliphatic carbocycles. The molecule has 0 unspecified atom stereocenters. The second-order valence-electron chi connectivity index (χ2n) is 6.89. The van der Waals surface area contributed by atoms with Crippen LogP contribution in [0.3, 0.4) is 0 Å². The van der Waals surface area contributed by atoms with Crippen molar-refractivity contribution in [2.24, 2.45) is 0 Å². The van der Waals surface area contributed by atoms with Crippen molar-refractivity contribution in [3.05, 3.63) is 52.9 Å². The summed E-state index contributed by atoms with van der Waals surface area (Å²) >= 11 is 1.16. The molecular formula is C20H26N2O4S2. The smallest absolute Gasteiger partial charge is 0.252 e. The number of nitrogens with zero attached hydrogens (tertiary/aromatic N) is 2. The van der Waals surface area contributed by atoms with Crippen molar-refractivity contribution >= 4 is 27.3 Å². The molecule has 1 N–H and O–H groups in total. The van der Waals surface area contributed by atoms with Crippen LogP contribution in [0.5, 0.6) is 0 Å². The maximum atomic E-state index is 12.8. The second-order valence-corrected chi connectivity index (χ2v) is 10.2. The molecule has 152 valence electrons. The summed E-state index contributed by atoms with van der Waals surface area (Å²) in [4.78, 5) is 15.1. The molecule has 1 amide bonds. The zero-order valence-corrected chi connectivity index (χ0v) is 17.4. The van der Waals surface area contributed by atoms with Gasteiger partial charge in [0.25, 0.3) is 10.0 Å². The molecule has 1 aliphatic rings. The van der Waals surface area contributed by atoms with E-state index < -0.39 is 10.0 Å². The van der Waals surface area contributed by atoms with E-state index in [2.05, 4.69) is 0 Å². The van der Waals surface area contributed by atoms with Gasteiger partial charge in [0.2, 0.25) is 5.91 Å². The van der Waals surface area contributed by atoms with Crippen LogP contribution in [-0.4, -0.2) is 54.9 Å². The van der Waals surface area contributed by atoms with Crippen LogP contribution in [0.1, 0.15) is 29.7 Å². The molecule has 2 heterocycles. The van der Waals surface area contributed by atoms with Gasteiger partial charge in [-0.05, 0) is 30.5 Å². The molecule has 1 aliphatic heterocycles. The molecule has 0 atom stereocenters. The molecule has 0 bridgehead atoms. The third kappa shape index (κ3) is 5.20. The van der Waals surface area contributed by atoms with Gasteiger partial charge in [-0.2, -0.15) is 4.31 Å². The number of carbonyl (C=O) groups excluding carboxylic acids is 1. The van der Waals surface area contributed by atoms with Crippen LogP contribution in [0.25, 0.3) is 0 Å². The minimum absolute atomic E-state index is 0.113.